The van der Waals surface area contributed by atoms with Crippen molar-refractivity contribution in [2.75, 3.05) is 26.7 Å². The molecule has 0 radical (unpaired) electrons. The maximum atomic E-state index is 9.56. The van der Waals surface area contributed by atoms with Crippen LogP contribution >= 0.6 is 0 Å². The van der Waals surface area contributed by atoms with E-state index in [2.05, 4.69) is 29.5 Å². The first kappa shape index (κ1) is 15.6. The van der Waals surface area contributed by atoms with Crippen LogP contribution in [-0.2, 0) is 0 Å². The molecule has 5 heteroatoms. The second kappa shape index (κ2) is 7.84. The van der Waals surface area contributed by atoms with E-state index < -0.39 is 0 Å². The van der Waals surface area contributed by atoms with Gasteiger partial charge in [-0.15, -0.1) is 0 Å². The fourth-order valence-corrected chi connectivity index (χ4v) is 3.14. The summed E-state index contributed by atoms with van der Waals surface area (Å²) in [5.41, 5.74) is 0. The van der Waals surface area contributed by atoms with Crippen LogP contribution < -0.4 is 10.6 Å². The van der Waals surface area contributed by atoms with E-state index in [4.69, 9.17) is 4.99 Å². The van der Waals surface area contributed by atoms with Gasteiger partial charge in [0, 0.05) is 18.6 Å². The van der Waals surface area contributed by atoms with Gasteiger partial charge in [0.1, 0.15) is 0 Å². The van der Waals surface area contributed by atoms with E-state index in [9.17, 15) is 5.11 Å². The molecule has 0 aromatic rings. The molecule has 20 heavy (non-hydrogen) atoms. The third kappa shape index (κ3) is 4.63. The van der Waals surface area contributed by atoms with Gasteiger partial charge in [0.2, 0.25) is 0 Å². The number of aliphatic hydroxyl groups is 1. The first-order valence-electron chi connectivity index (χ1n) is 8.12. The summed E-state index contributed by atoms with van der Waals surface area (Å²) >= 11 is 0. The molecule has 1 heterocycles. The largest absolute Gasteiger partial charge is 0.393 e. The van der Waals surface area contributed by atoms with Crippen LogP contribution in [0, 0.1) is 0 Å². The lowest BCUT2D eigenvalue weighted by Gasteiger charge is -2.28. The molecule has 1 aliphatic heterocycles. The Morgan fingerprint density at radius 3 is 2.60 bits per heavy atom. The second-order valence-corrected chi connectivity index (χ2v) is 6.15. The van der Waals surface area contributed by atoms with E-state index in [-0.39, 0.29) is 6.10 Å². The summed E-state index contributed by atoms with van der Waals surface area (Å²) in [6.45, 7) is 5.07. The Morgan fingerprint density at radius 2 is 2.00 bits per heavy atom. The standard InChI is InChI=1S/C15H30N4O/c1-3-16-15(17-11-13-5-4-10-19(13)2)18-12-6-8-14(20)9-7-12/h12-14,20H,3-11H2,1-2H3,(H2,16,17,18). The Balaban J connectivity index is 1.82. The van der Waals surface area contributed by atoms with Crippen molar-refractivity contribution < 1.29 is 5.11 Å². The normalized spacial score (nSPS) is 32.4. The predicted octanol–water partition coefficient (Wildman–Crippen LogP) is 0.939. The van der Waals surface area contributed by atoms with E-state index in [0.29, 0.717) is 12.1 Å². The van der Waals surface area contributed by atoms with Crippen LogP contribution in [0.2, 0.25) is 0 Å². The van der Waals surface area contributed by atoms with E-state index in [0.717, 1.165) is 44.7 Å². The third-order valence-electron chi connectivity index (χ3n) is 4.51. The monoisotopic (exact) mass is 282 g/mol. The van der Waals surface area contributed by atoms with E-state index in [1.54, 1.807) is 0 Å². The zero-order chi connectivity index (χ0) is 14.4. The van der Waals surface area contributed by atoms with Gasteiger partial charge < -0.3 is 20.6 Å². The lowest BCUT2D eigenvalue weighted by molar-refractivity contribution is 0.120. The summed E-state index contributed by atoms with van der Waals surface area (Å²) in [4.78, 5) is 7.16. The summed E-state index contributed by atoms with van der Waals surface area (Å²) < 4.78 is 0. The van der Waals surface area contributed by atoms with Crippen LogP contribution in [0.3, 0.4) is 0 Å². The molecule has 2 aliphatic rings. The van der Waals surface area contributed by atoms with Gasteiger partial charge in [-0.1, -0.05) is 0 Å². The first-order valence-corrected chi connectivity index (χ1v) is 8.12. The average molecular weight is 282 g/mol. The molecule has 0 spiro atoms. The zero-order valence-electron chi connectivity index (χ0n) is 12.9. The molecular formula is C15H30N4O. The summed E-state index contributed by atoms with van der Waals surface area (Å²) in [6.07, 6.45) is 6.34. The fraction of sp³-hybridized carbons (Fsp3) is 0.933. The molecule has 0 bridgehead atoms. The molecular weight excluding hydrogens is 252 g/mol. The topological polar surface area (TPSA) is 59.9 Å². The summed E-state index contributed by atoms with van der Waals surface area (Å²) in [6, 6.07) is 1.05. The molecule has 2 fully saturated rings. The fourth-order valence-electron chi connectivity index (χ4n) is 3.14. The van der Waals surface area contributed by atoms with Crippen molar-refractivity contribution in [3.05, 3.63) is 0 Å². The minimum absolute atomic E-state index is 0.0975. The minimum Gasteiger partial charge on any atom is -0.393 e. The van der Waals surface area contributed by atoms with Crippen LogP contribution in [0.25, 0.3) is 0 Å². The van der Waals surface area contributed by atoms with Gasteiger partial charge in [0.15, 0.2) is 5.96 Å². The maximum Gasteiger partial charge on any atom is 0.191 e. The highest BCUT2D eigenvalue weighted by Gasteiger charge is 2.22. The Bertz CT molecular complexity index is 313. The quantitative estimate of drug-likeness (QED) is 0.530. The molecule has 1 atom stereocenters. The molecule has 0 amide bonds. The Kier molecular flexibility index (Phi) is 6.10. The number of nitrogens with zero attached hydrogens (tertiary/aromatic N) is 2. The van der Waals surface area contributed by atoms with E-state index >= 15 is 0 Å². The number of likely N-dealkylation sites (N-methyl/N-ethyl adjacent to an activating group) is 1. The van der Waals surface area contributed by atoms with Crippen molar-refractivity contribution in [3.8, 4) is 0 Å². The van der Waals surface area contributed by atoms with Gasteiger partial charge in [-0.3, -0.25) is 4.99 Å². The molecule has 1 unspecified atom stereocenters. The number of hydrogen-bond donors (Lipinski definition) is 3. The lowest BCUT2D eigenvalue weighted by atomic mass is 9.93. The number of rotatable bonds is 4. The minimum atomic E-state index is -0.0975. The van der Waals surface area contributed by atoms with Crippen molar-refractivity contribution in [3.63, 3.8) is 0 Å². The summed E-state index contributed by atoms with van der Waals surface area (Å²) in [7, 11) is 2.19. The number of aliphatic imine (C=N–C) groups is 1. The predicted molar refractivity (Wildman–Crippen MR) is 83.0 cm³/mol. The highest BCUT2D eigenvalue weighted by Crippen LogP contribution is 2.18. The SMILES string of the molecule is CCNC(=NCC1CCCN1C)NC1CCC(O)CC1. The van der Waals surface area contributed by atoms with Crippen molar-refractivity contribution >= 4 is 5.96 Å². The van der Waals surface area contributed by atoms with Crippen LogP contribution in [0.1, 0.15) is 45.4 Å². The highest BCUT2D eigenvalue weighted by atomic mass is 16.3. The van der Waals surface area contributed by atoms with Crippen molar-refractivity contribution in [1.82, 2.24) is 15.5 Å². The van der Waals surface area contributed by atoms with Gasteiger partial charge in [-0.05, 0) is 59.0 Å². The van der Waals surface area contributed by atoms with E-state index in [1.165, 1.54) is 19.4 Å². The molecule has 1 aliphatic carbocycles. The van der Waals surface area contributed by atoms with Crippen molar-refractivity contribution in [1.29, 1.82) is 0 Å². The van der Waals surface area contributed by atoms with Gasteiger partial charge in [-0.2, -0.15) is 0 Å². The van der Waals surface area contributed by atoms with Gasteiger partial charge in [0.25, 0.3) is 0 Å². The first-order chi connectivity index (χ1) is 9.69. The van der Waals surface area contributed by atoms with Crippen molar-refractivity contribution in [2.24, 2.45) is 4.99 Å². The van der Waals surface area contributed by atoms with Gasteiger partial charge in [0.05, 0.1) is 12.6 Å². The Morgan fingerprint density at radius 1 is 1.25 bits per heavy atom. The van der Waals surface area contributed by atoms with Crippen molar-refractivity contribution in [2.45, 2.75) is 63.6 Å². The third-order valence-corrected chi connectivity index (χ3v) is 4.51. The summed E-state index contributed by atoms with van der Waals surface area (Å²) in [5.74, 6) is 0.939. The van der Waals surface area contributed by atoms with Gasteiger partial charge >= 0.3 is 0 Å². The second-order valence-electron chi connectivity index (χ2n) is 6.15. The lowest BCUT2D eigenvalue weighted by Crippen LogP contribution is -2.45. The Hall–Kier alpha value is -0.810. The van der Waals surface area contributed by atoms with Gasteiger partial charge in [-0.25, -0.2) is 0 Å². The number of guanidine groups is 1. The Labute approximate surface area is 122 Å². The van der Waals surface area contributed by atoms with E-state index in [1.807, 2.05) is 0 Å². The summed E-state index contributed by atoms with van der Waals surface area (Å²) in [5, 5.41) is 16.4. The molecule has 3 N–H and O–H groups in total. The molecule has 1 saturated carbocycles. The number of aliphatic hydroxyl groups excluding tert-OH is 1. The maximum absolute atomic E-state index is 9.56. The zero-order valence-corrected chi connectivity index (χ0v) is 12.9. The molecule has 0 aromatic carbocycles. The molecule has 5 nitrogen and oxygen atoms in total. The number of likely N-dealkylation sites (tertiary alicyclic amines) is 1. The number of nitrogens with one attached hydrogen (secondary N) is 2. The molecule has 1 saturated heterocycles. The highest BCUT2D eigenvalue weighted by molar-refractivity contribution is 5.80. The molecule has 116 valence electrons. The average Bonchev–Trinajstić information content (AvgIpc) is 2.84. The smallest absolute Gasteiger partial charge is 0.191 e. The molecule has 0 aromatic heterocycles. The van der Waals surface area contributed by atoms with Crippen LogP contribution in [0.15, 0.2) is 4.99 Å². The van der Waals surface area contributed by atoms with Crippen LogP contribution in [-0.4, -0.2) is 60.8 Å². The molecule has 2 rings (SSSR count). The van der Waals surface area contributed by atoms with Crippen LogP contribution in [0.5, 0.6) is 0 Å². The van der Waals surface area contributed by atoms with Crippen LogP contribution in [0.4, 0.5) is 0 Å². The number of hydrogen-bond acceptors (Lipinski definition) is 3.